The van der Waals surface area contributed by atoms with Crippen LogP contribution in [0.25, 0.3) is 0 Å². The molecule has 0 spiro atoms. The van der Waals surface area contributed by atoms with E-state index in [1.165, 1.54) is 21.6 Å². The first-order valence-corrected chi connectivity index (χ1v) is 10.4. The summed E-state index contributed by atoms with van der Waals surface area (Å²) in [4.78, 5) is 5.99. The Bertz CT molecular complexity index is 906. The smallest absolute Gasteiger partial charge is 0.192 e. The van der Waals surface area contributed by atoms with Crippen molar-refractivity contribution in [2.24, 2.45) is 12.0 Å². The van der Waals surface area contributed by atoms with Crippen molar-refractivity contribution in [3.63, 3.8) is 0 Å². The van der Waals surface area contributed by atoms with Crippen molar-refractivity contribution in [3.8, 4) is 0 Å². The highest BCUT2D eigenvalue weighted by Gasteiger charge is 2.06. The Balaban J connectivity index is 1.62. The minimum Gasteiger partial charge on any atom is -0.356 e. The molecule has 0 unspecified atom stereocenters. The number of aryl methyl sites for hydroxylation is 3. The van der Waals surface area contributed by atoms with Gasteiger partial charge in [-0.3, -0.25) is 0 Å². The minimum absolute atomic E-state index is 0.487. The predicted molar refractivity (Wildman–Crippen MR) is 116 cm³/mol. The molecular formula is C21H28N6S. The molecule has 3 rings (SSSR count). The van der Waals surface area contributed by atoms with Crippen molar-refractivity contribution in [3.05, 3.63) is 68.9 Å². The van der Waals surface area contributed by atoms with Crippen LogP contribution in [0.15, 0.2) is 40.7 Å². The van der Waals surface area contributed by atoms with Gasteiger partial charge in [-0.15, -0.1) is 21.5 Å². The second kappa shape index (κ2) is 9.50. The van der Waals surface area contributed by atoms with Crippen molar-refractivity contribution in [1.29, 1.82) is 0 Å². The quantitative estimate of drug-likeness (QED) is 0.475. The summed E-state index contributed by atoms with van der Waals surface area (Å²) in [6.45, 7) is 8.28. The van der Waals surface area contributed by atoms with Crippen molar-refractivity contribution < 1.29 is 0 Å². The van der Waals surface area contributed by atoms with E-state index in [-0.39, 0.29) is 0 Å². The number of guanidine groups is 1. The first kappa shape index (κ1) is 20.1. The topological polar surface area (TPSA) is 67.1 Å². The zero-order valence-corrected chi connectivity index (χ0v) is 17.8. The molecule has 148 valence electrons. The van der Waals surface area contributed by atoms with E-state index in [4.69, 9.17) is 4.99 Å². The molecule has 2 aromatic heterocycles. The SMILES string of the molecule is Cc1cc(C)cc(CCNC(=NCc2nnc(C)n2C)NCc2cccs2)c1. The van der Waals surface area contributed by atoms with Crippen molar-refractivity contribution >= 4 is 17.3 Å². The Morgan fingerprint density at radius 1 is 1.11 bits per heavy atom. The van der Waals surface area contributed by atoms with Crippen LogP contribution in [0.3, 0.4) is 0 Å². The first-order valence-electron chi connectivity index (χ1n) is 9.48. The maximum absolute atomic E-state index is 4.71. The average molecular weight is 397 g/mol. The van der Waals surface area contributed by atoms with Crippen LogP contribution in [-0.4, -0.2) is 27.3 Å². The Morgan fingerprint density at radius 3 is 2.54 bits per heavy atom. The summed E-state index contributed by atoms with van der Waals surface area (Å²) >= 11 is 1.74. The molecular weight excluding hydrogens is 368 g/mol. The van der Waals surface area contributed by atoms with E-state index in [1.54, 1.807) is 11.3 Å². The Kier molecular flexibility index (Phi) is 6.81. The van der Waals surface area contributed by atoms with Crippen LogP contribution in [0.4, 0.5) is 0 Å². The van der Waals surface area contributed by atoms with Crippen LogP contribution >= 0.6 is 11.3 Å². The van der Waals surface area contributed by atoms with Gasteiger partial charge < -0.3 is 15.2 Å². The maximum atomic E-state index is 4.71. The standard InChI is InChI=1S/C21H28N6S/c1-15-10-16(2)12-18(11-15)7-8-22-21(23-13-19-6-5-9-28-19)24-14-20-26-25-17(3)27(20)4/h5-6,9-12H,7-8,13-14H2,1-4H3,(H2,22,23,24). The molecule has 7 heteroatoms. The van der Waals surface area contributed by atoms with E-state index < -0.39 is 0 Å². The molecule has 0 amide bonds. The minimum atomic E-state index is 0.487. The lowest BCUT2D eigenvalue weighted by atomic mass is 10.1. The molecule has 0 saturated carbocycles. The molecule has 2 N–H and O–H groups in total. The fourth-order valence-corrected chi connectivity index (χ4v) is 3.68. The lowest BCUT2D eigenvalue weighted by Crippen LogP contribution is -2.38. The number of nitrogens with one attached hydrogen (secondary N) is 2. The molecule has 0 bridgehead atoms. The summed E-state index contributed by atoms with van der Waals surface area (Å²) < 4.78 is 1.97. The number of hydrogen-bond donors (Lipinski definition) is 2. The molecule has 3 aromatic rings. The molecule has 6 nitrogen and oxygen atoms in total. The van der Waals surface area contributed by atoms with Crippen molar-refractivity contribution in [1.82, 2.24) is 25.4 Å². The lowest BCUT2D eigenvalue weighted by Gasteiger charge is -2.13. The first-order chi connectivity index (χ1) is 13.5. The molecule has 28 heavy (non-hydrogen) atoms. The number of aliphatic imine (C=N–C) groups is 1. The second-order valence-electron chi connectivity index (χ2n) is 6.99. The van der Waals surface area contributed by atoms with Crippen LogP contribution in [0, 0.1) is 20.8 Å². The summed E-state index contributed by atoms with van der Waals surface area (Å²) in [5.41, 5.74) is 3.95. The van der Waals surface area contributed by atoms with Gasteiger partial charge in [0.25, 0.3) is 0 Å². The molecule has 0 atom stereocenters. The highest BCUT2D eigenvalue weighted by molar-refractivity contribution is 7.09. The Morgan fingerprint density at radius 2 is 1.89 bits per heavy atom. The Labute approximate surface area is 170 Å². The number of nitrogens with zero attached hydrogens (tertiary/aromatic N) is 4. The van der Waals surface area contributed by atoms with Gasteiger partial charge in [0, 0.05) is 18.5 Å². The number of thiophene rings is 1. The van der Waals surface area contributed by atoms with Gasteiger partial charge >= 0.3 is 0 Å². The van der Waals surface area contributed by atoms with Gasteiger partial charge in [0.15, 0.2) is 11.8 Å². The molecule has 0 fully saturated rings. The van der Waals surface area contributed by atoms with E-state index >= 15 is 0 Å². The summed E-state index contributed by atoms with van der Waals surface area (Å²) in [6, 6.07) is 10.9. The zero-order valence-electron chi connectivity index (χ0n) is 17.0. The number of hydrogen-bond acceptors (Lipinski definition) is 4. The van der Waals surface area contributed by atoms with Gasteiger partial charge in [-0.1, -0.05) is 35.4 Å². The molecule has 0 aliphatic rings. The largest absolute Gasteiger partial charge is 0.356 e. The third kappa shape index (κ3) is 5.66. The van der Waals surface area contributed by atoms with Crippen LogP contribution < -0.4 is 10.6 Å². The van der Waals surface area contributed by atoms with Crippen LogP contribution in [0.1, 0.15) is 33.2 Å². The van der Waals surface area contributed by atoms with Gasteiger partial charge in [-0.2, -0.15) is 0 Å². The fraction of sp³-hybridized carbons (Fsp3) is 0.381. The maximum Gasteiger partial charge on any atom is 0.192 e. The van der Waals surface area contributed by atoms with Crippen molar-refractivity contribution in [2.45, 2.75) is 40.3 Å². The second-order valence-corrected chi connectivity index (χ2v) is 8.03. The van der Waals surface area contributed by atoms with Gasteiger partial charge in [-0.05, 0) is 44.2 Å². The third-order valence-electron chi connectivity index (χ3n) is 4.56. The summed E-state index contributed by atoms with van der Waals surface area (Å²) in [6.07, 6.45) is 0.950. The third-order valence-corrected chi connectivity index (χ3v) is 5.44. The Hall–Kier alpha value is -2.67. The van der Waals surface area contributed by atoms with Gasteiger partial charge in [0.2, 0.25) is 0 Å². The molecule has 1 aromatic carbocycles. The summed E-state index contributed by atoms with van der Waals surface area (Å²) in [7, 11) is 1.96. The molecule has 0 saturated heterocycles. The summed E-state index contributed by atoms with van der Waals surface area (Å²) in [5.74, 6) is 2.53. The van der Waals surface area contributed by atoms with E-state index in [9.17, 15) is 0 Å². The van der Waals surface area contributed by atoms with Crippen molar-refractivity contribution in [2.75, 3.05) is 6.54 Å². The molecule has 0 aliphatic carbocycles. The van der Waals surface area contributed by atoms with E-state index in [1.807, 2.05) is 18.5 Å². The highest BCUT2D eigenvalue weighted by Crippen LogP contribution is 2.09. The van der Waals surface area contributed by atoms with E-state index in [0.717, 1.165) is 37.1 Å². The van der Waals surface area contributed by atoms with Crippen LogP contribution in [-0.2, 0) is 26.6 Å². The number of aromatic nitrogens is 3. The lowest BCUT2D eigenvalue weighted by molar-refractivity contribution is 0.749. The van der Waals surface area contributed by atoms with Gasteiger partial charge in [0.1, 0.15) is 12.4 Å². The normalized spacial score (nSPS) is 11.6. The number of benzene rings is 1. The van der Waals surface area contributed by atoms with Crippen LogP contribution in [0.2, 0.25) is 0 Å². The highest BCUT2D eigenvalue weighted by atomic mass is 32.1. The predicted octanol–water partition coefficient (Wildman–Crippen LogP) is 3.28. The summed E-state index contributed by atoms with van der Waals surface area (Å²) in [5, 5.41) is 17.3. The van der Waals surface area contributed by atoms with Gasteiger partial charge in [0.05, 0.1) is 6.54 Å². The average Bonchev–Trinajstić information content (AvgIpc) is 3.27. The van der Waals surface area contributed by atoms with Gasteiger partial charge in [-0.25, -0.2) is 4.99 Å². The van der Waals surface area contributed by atoms with E-state index in [0.29, 0.717) is 6.54 Å². The molecule has 0 radical (unpaired) electrons. The fourth-order valence-electron chi connectivity index (χ4n) is 3.04. The molecule has 0 aliphatic heterocycles. The number of rotatable bonds is 7. The van der Waals surface area contributed by atoms with Crippen LogP contribution in [0.5, 0.6) is 0 Å². The van der Waals surface area contributed by atoms with E-state index in [2.05, 4.69) is 70.4 Å². The zero-order chi connectivity index (χ0) is 19.9. The monoisotopic (exact) mass is 396 g/mol. The molecule has 2 heterocycles.